The molecule has 0 radical (unpaired) electrons. The van der Waals surface area contributed by atoms with Crippen molar-refractivity contribution < 1.29 is 4.79 Å². The second kappa shape index (κ2) is 10.6. The molecule has 29 heavy (non-hydrogen) atoms. The third-order valence-electron chi connectivity index (χ3n) is 4.60. The summed E-state index contributed by atoms with van der Waals surface area (Å²) in [4.78, 5) is 12.8. The van der Waals surface area contributed by atoms with Crippen LogP contribution in [0.2, 0.25) is 0 Å². The first-order valence-corrected chi connectivity index (χ1v) is 10.5. The van der Waals surface area contributed by atoms with E-state index in [1.54, 1.807) is 4.68 Å². The molecular weight excluding hydrogens is 358 g/mol. The summed E-state index contributed by atoms with van der Waals surface area (Å²) in [5.41, 5.74) is 4.10. The Kier molecular flexibility index (Phi) is 8.20. The van der Waals surface area contributed by atoms with Crippen molar-refractivity contribution in [1.29, 1.82) is 0 Å². The average Bonchev–Trinajstić information content (AvgIpc) is 3.09. The molecule has 0 saturated heterocycles. The van der Waals surface area contributed by atoms with Crippen LogP contribution in [0.3, 0.4) is 0 Å². The van der Waals surface area contributed by atoms with E-state index in [0.717, 1.165) is 23.4 Å². The molecule has 4 nitrogen and oxygen atoms in total. The predicted octanol–water partition coefficient (Wildman–Crippen LogP) is 6.15. The normalized spacial score (nSPS) is 11.6. The summed E-state index contributed by atoms with van der Waals surface area (Å²) in [5, 5.41) is 7.54. The Labute approximate surface area is 175 Å². The Morgan fingerprint density at radius 1 is 1.00 bits per heavy atom. The van der Waals surface area contributed by atoms with Crippen molar-refractivity contribution in [3.8, 4) is 5.69 Å². The number of para-hydroxylation sites is 1. The van der Waals surface area contributed by atoms with Gasteiger partial charge in [0.25, 0.3) is 0 Å². The van der Waals surface area contributed by atoms with Crippen LogP contribution >= 0.6 is 0 Å². The highest BCUT2D eigenvalue weighted by molar-refractivity contribution is 5.95. The van der Waals surface area contributed by atoms with Gasteiger partial charge in [-0.2, -0.15) is 5.10 Å². The van der Waals surface area contributed by atoms with Crippen molar-refractivity contribution in [2.45, 2.75) is 53.9 Å². The highest BCUT2D eigenvalue weighted by Crippen LogP contribution is 2.22. The average molecular weight is 392 g/mol. The monoisotopic (exact) mass is 391 g/mol. The molecule has 0 spiro atoms. The summed E-state index contributed by atoms with van der Waals surface area (Å²) < 4.78 is 1.77. The number of carbonyl (C=O) groups is 1. The molecule has 1 atom stereocenters. The van der Waals surface area contributed by atoms with Crippen LogP contribution in [-0.4, -0.2) is 15.7 Å². The largest absolute Gasteiger partial charge is 0.310 e. The molecule has 3 aromatic rings. The van der Waals surface area contributed by atoms with Gasteiger partial charge in [0.2, 0.25) is 5.91 Å². The van der Waals surface area contributed by atoms with E-state index in [4.69, 9.17) is 0 Å². The topological polar surface area (TPSA) is 46.9 Å². The van der Waals surface area contributed by atoms with Gasteiger partial charge in [0, 0.05) is 6.07 Å². The van der Waals surface area contributed by atoms with Crippen molar-refractivity contribution in [3.05, 3.63) is 77.5 Å². The van der Waals surface area contributed by atoms with Crippen LogP contribution in [0.5, 0.6) is 0 Å². The van der Waals surface area contributed by atoms with Gasteiger partial charge >= 0.3 is 0 Å². The maximum Gasteiger partial charge on any atom is 0.232 e. The number of anilines is 1. The van der Waals surface area contributed by atoms with Crippen molar-refractivity contribution in [3.63, 3.8) is 0 Å². The molecule has 1 heterocycles. The van der Waals surface area contributed by atoms with E-state index in [1.807, 2.05) is 64.1 Å². The Bertz CT molecular complexity index is 896. The van der Waals surface area contributed by atoms with Crippen LogP contribution in [0.1, 0.15) is 57.4 Å². The Hall–Kier alpha value is -2.88. The molecule has 2 aromatic carbocycles. The minimum atomic E-state index is -0.238. The molecule has 4 heteroatoms. The molecule has 1 aromatic heterocycles. The molecule has 0 bridgehead atoms. The first-order valence-electron chi connectivity index (χ1n) is 10.5. The number of hydrogen-bond donors (Lipinski definition) is 1. The first-order chi connectivity index (χ1) is 13.9. The van der Waals surface area contributed by atoms with E-state index in [2.05, 4.69) is 48.5 Å². The van der Waals surface area contributed by atoms with E-state index in [9.17, 15) is 4.79 Å². The first kappa shape index (κ1) is 22.4. The molecular formula is C25H33N3O. The summed E-state index contributed by atoms with van der Waals surface area (Å²) in [5.74, 6) is 1.03. The Balaban J connectivity index is 0.00000145. The van der Waals surface area contributed by atoms with E-state index < -0.39 is 0 Å². The standard InChI is InChI=1S/C23H27N3O.C2H6/c1-16(2)14-19-10-12-20(13-11-19)18(4)23(27)24-22-15-17(3)25-26(22)21-8-6-5-7-9-21;1-2/h5-13,15-16,18H,14H2,1-4H3,(H,24,27);1-2H3. The minimum absolute atomic E-state index is 0.0382. The van der Waals surface area contributed by atoms with Gasteiger partial charge in [0.15, 0.2) is 0 Å². The Morgan fingerprint density at radius 2 is 1.62 bits per heavy atom. The minimum Gasteiger partial charge on any atom is -0.310 e. The van der Waals surface area contributed by atoms with Crippen LogP contribution in [0.25, 0.3) is 5.69 Å². The van der Waals surface area contributed by atoms with Crippen LogP contribution in [0.15, 0.2) is 60.7 Å². The molecule has 0 fully saturated rings. The summed E-state index contributed by atoms with van der Waals surface area (Å²) in [6.45, 7) is 12.3. The van der Waals surface area contributed by atoms with E-state index in [1.165, 1.54) is 5.56 Å². The molecule has 3 rings (SSSR count). The lowest BCUT2D eigenvalue weighted by Gasteiger charge is -2.14. The fourth-order valence-electron chi connectivity index (χ4n) is 3.15. The molecule has 0 aliphatic carbocycles. The zero-order chi connectivity index (χ0) is 21.4. The van der Waals surface area contributed by atoms with Crippen molar-refractivity contribution in [2.75, 3.05) is 5.32 Å². The quantitative estimate of drug-likeness (QED) is 0.548. The lowest BCUT2D eigenvalue weighted by molar-refractivity contribution is -0.117. The fraction of sp³-hybridized carbons (Fsp3) is 0.360. The van der Waals surface area contributed by atoms with Crippen LogP contribution < -0.4 is 5.32 Å². The molecule has 0 aliphatic heterocycles. The molecule has 0 aliphatic rings. The second-order valence-electron chi connectivity index (χ2n) is 7.47. The number of carbonyl (C=O) groups excluding carboxylic acids is 1. The van der Waals surface area contributed by atoms with E-state index in [0.29, 0.717) is 11.7 Å². The van der Waals surface area contributed by atoms with Crippen molar-refractivity contribution >= 4 is 11.7 Å². The van der Waals surface area contributed by atoms with Gasteiger partial charge in [-0.1, -0.05) is 70.2 Å². The maximum atomic E-state index is 12.8. The zero-order valence-corrected chi connectivity index (χ0v) is 18.4. The van der Waals surface area contributed by atoms with Crippen molar-refractivity contribution in [2.24, 2.45) is 5.92 Å². The van der Waals surface area contributed by atoms with Gasteiger partial charge in [-0.05, 0) is 49.4 Å². The zero-order valence-electron chi connectivity index (χ0n) is 18.4. The number of amides is 1. The summed E-state index contributed by atoms with van der Waals surface area (Å²) in [6.07, 6.45) is 1.05. The molecule has 1 unspecified atom stereocenters. The SMILES string of the molecule is CC.Cc1cc(NC(=O)C(C)c2ccc(CC(C)C)cc2)n(-c2ccccc2)n1. The van der Waals surface area contributed by atoms with E-state index >= 15 is 0 Å². The van der Waals surface area contributed by atoms with Gasteiger partial charge in [0.05, 0.1) is 17.3 Å². The highest BCUT2D eigenvalue weighted by atomic mass is 16.2. The number of benzene rings is 2. The van der Waals surface area contributed by atoms with Gasteiger partial charge in [-0.15, -0.1) is 0 Å². The molecule has 1 amide bonds. The number of nitrogens with one attached hydrogen (secondary N) is 1. The number of aryl methyl sites for hydroxylation is 1. The third kappa shape index (κ3) is 6.05. The van der Waals surface area contributed by atoms with Gasteiger partial charge in [0.1, 0.15) is 5.82 Å². The lowest BCUT2D eigenvalue weighted by atomic mass is 9.96. The van der Waals surface area contributed by atoms with E-state index in [-0.39, 0.29) is 11.8 Å². The summed E-state index contributed by atoms with van der Waals surface area (Å²) >= 11 is 0. The molecule has 1 N–H and O–H groups in total. The van der Waals surface area contributed by atoms with Crippen molar-refractivity contribution in [1.82, 2.24) is 9.78 Å². The molecule has 0 saturated carbocycles. The number of aromatic nitrogens is 2. The highest BCUT2D eigenvalue weighted by Gasteiger charge is 2.18. The third-order valence-corrected chi connectivity index (χ3v) is 4.60. The predicted molar refractivity (Wildman–Crippen MR) is 122 cm³/mol. The summed E-state index contributed by atoms with van der Waals surface area (Å²) in [6, 6.07) is 20.1. The van der Waals surface area contributed by atoms with Crippen LogP contribution in [-0.2, 0) is 11.2 Å². The van der Waals surface area contributed by atoms with Gasteiger partial charge in [-0.3, -0.25) is 4.79 Å². The van der Waals surface area contributed by atoms with Crippen LogP contribution in [0, 0.1) is 12.8 Å². The smallest absolute Gasteiger partial charge is 0.232 e. The number of nitrogens with zero attached hydrogens (tertiary/aromatic N) is 2. The van der Waals surface area contributed by atoms with Gasteiger partial charge < -0.3 is 5.32 Å². The molecule has 154 valence electrons. The number of hydrogen-bond acceptors (Lipinski definition) is 2. The fourth-order valence-corrected chi connectivity index (χ4v) is 3.15. The summed E-state index contributed by atoms with van der Waals surface area (Å²) in [7, 11) is 0. The Morgan fingerprint density at radius 3 is 2.21 bits per heavy atom. The maximum absolute atomic E-state index is 12.8. The van der Waals surface area contributed by atoms with Crippen LogP contribution in [0.4, 0.5) is 5.82 Å². The second-order valence-corrected chi connectivity index (χ2v) is 7.47. The lowest BCUT2D eigenvalue weighted by Crippen LogP contribution is -2.20. The van der Waals surface area contributed by atoms with Gasteiger partial charge in [-0.25, -0.2) is 4.68 Å². The number of rotatable bonds is 6.